The molecule has 3 aliphatic rings. The van der Waals surface area contributed by atoms with E-state index in [1.165, 1.54) is 90.6 Å². The van der Waals surface area contributed by atoms with Gasteiger partial charge in [0.15, 0.2) is 0 Å². The Bertz CT molecular complexity index is 413. The van der Waals surface area contributed by atoms with Gasteiger partial charge in [-0.3, -0.25) is 4.79 Å². The average Bonchev–Trinajstić information content (AvgIpc) is 2.62. The summed E-state index contributed by atoms with van der Waals surface area (Å²) in [6.45, 7) is 13.9. The van der Waals surface area contributed by atoms with Gasteiger partial charge < -0.3 is 14.7 Å². The summed E-state index contributed by atoms with van der Waals surface area (Å²) in [4.78, 5) is 18.9. The van der Waals surface area contributed by atoms with Crippen LogP contribution < -0.4 is 0 Å². The fourth-order valence-corrected chi connectivity index (χ4v) is 5.00. The minimum absolute atomic E-state index is 0.260. The van der Waals surface area contributed by atoms with Crippen molar-refractivity contribution < 1.29 is 4.79 Å². The summed E-state index contributed by atoms with van der Waals surface area (Å²) in [6, 6.07) is 0. The minimum Gasteiger partial charge on any atom is -0.343 e. The van der Waals surface area contributed by atoms with Crippen LogP contribution in [0.2, 0.25) is 0 Å². The molecule has 0 aromatic carbocycles. The lowest BCUT2D eigenvalue weighted by atomic mass is 9.71. The van der Waals surface area contributed by atoms with Crippen molar-refractivity contribution in [3.8, 4) is 0 Å². The fourth-order valence-electron chi connectivity index (χ4n) is 5.00. The summed E-state index contributed by atoms with van der Waals surface area (Å²) in [6.07, 6.45) is 10.7. The second kappa shape index (κ2) is 8.85. The molecule has 144 valence electrons. The van der Waals surface area contributed by atoms with Gasteiger partial charge in [-0.15, -0.1) is 0 Å². The highest BCUT2D eigenvalue weighted by molar-refractivity contribution is 5.73. The van der Waals surface area contributed by atoms with Gasteiger partial charge in [0.05, 0.1) is 0 Å². The fraction of sp³-hybridized carbons (Fsp3) is 0.952. The molecule has 0 N–H and O–H groups in total. The Hall–Kier alpha value is -0.610. The maximum absolute atomic E-state index is 11.5. The van der Waals surface area contributed by atoms with Crippen LogP contribution in [-0.2, 0) is 4.79 Å². The summed E-state index contributed by atoms with van der Waals surface area (Å²) in [5.74, 6) is 1.20. The summed E-state index contributed by atoms with van der Waals surface area (Å²) < 4.78 is 0. The Balaban J connectivity index is 1.28. The van der Waals surface area contributed by atoms with Gasteiger partial charge in [-0.1, -0.05) is 6.92 Å². The SMILES string of the molecule is CC(=O)N1CCC2(CCN(CCCCN3CCC(C)CC3)CC2)CC1. The number of hydrogen-bond acceptors (Lipinski definition) is 3. The molecule has 0 atom stereocenters. The number of likely N-dealkylation sites (tertiary alicyclic amines) is 3. The number of carbonyl (C=O) groups excluding carboxylic acids is 1. The highest BCUT2D eigenvalue weighted by Gasteiger charge is 2.37. The molecule has 4 heteroatoms. The Labute approximate surface area is 154 Å². The Kier molecular flexibility index (Phi) is 6.79. The number of hydrogen-bond donors (Lipinski definition) is 0. The number of amides is 1. The smallest absolute Gasteiger partial charge is 0.219 e. The summed E-state index contributed by atoms with van der Waals surface area (Å²) in [5, 5.41) is 0. The van der Waals surface area contributed by atoms with Crippen molar-refractivity contribution in [1.29, 1.82) is 0 Å². The van der Waals surface area contributed by atoms with Crippen molar-refractivity contribution in [2.24, 2.45) is 11.3 Å². The van der Waals surface area contributed by atoms with E-state index in [2.05, 4.69) is 16.7 Å². The van der Waals surface area contributed by atoms with E-state index >= 15 is 0 Å². The van der Waals surface area contributed by atoms with E-state index in [1.54, 1.807) is 6.92 Å². The molecule has 0 unspecified atom stereocenters. The predicted molar refractivity (Wildman–Crippen MR) is 104 cm³/mol. The van der Waals surface area contributed by atoms with Crippen molar-refractivity contribution in [1.82, 2.24) is 14.7 Å². The van der Waals surface area contributed by atoms with Gasteiger partial charge in [0.2, 0.25) is 5.91 Å². The topological polar surface area (TPSA) is 26.8 Å². The Morgan fingerprint density at radius 1 is 0.840 bits per heavy atom. The zero-order chi connectivity index (χ0) is 17.7. The maximum atomic E-state index is 11.5. The molecule has 3 saturated heterocycles. The highest BCUT2D eigenvalue weighted by Crippen LogP contribution is 2.41. The van der Waals surface area contributed by atoms with Crippen LogP contribution in [0.3, 0.4) is 0 Å². The molecule has 0 radical (unpaired) electrons. The van der Waals surface area contributed by atoms with E-state index < -0.39 is 0 Å². The van der Waals surface area contributed by atoms with Gasteiger partial charge in [-0.25, -0.2) is 0 Å². The second-order valence-electron chi connectivity index (χ2n) is 9.08. The van der Waals surface area contributed by atoms with Gasteiger partial charge in [0.1, 0.15) is 0 Å². The van der Waals surface area contributed by atoms with Crippen LogP contribution in [-0.4, -0.2) is 73.0 Å². The molecule has 3 fully saturated rings. The first-order chi connectivity index (χ1) is 12.1. The molecular formula is C21H39N3O. The van der Waals surface area contributed by atoms with Crippen LogP contribution in [0, 0.1) is 11.3 Å². The number of unbranched alkanes of at least 4 members (excludes halogenated alkanes) is 1. The molecule has 0 aliphatic carbocycles. The van der Waals surface area contributed by atoms with Crippen LogP contribution in [0.15, 0.2) is 0 Å². The van der Waals surface area contributed by atoms with Gasteiger partial charge in [-0.2, -0.15) is 0 Å². The first kappa shape index (κ1) is 19.2. The van der Waals surface area contributed by atoms with Gasteiger partial charge >= 0.3 is 0 Å². The monoisotopic (exact) mass is 349 g/mol. The zero-order valence-corrected chi connectivity index (χ0v) is 16.6. The maximum Gasteiger partial charge on any atom is 0.219 e. The Morgan fingerprint density at radius 3 is 1.84 bits per heavy atom. The van der Waals surface area contributed by atoms with Gasteiger partial charge in [-0.05, 0) is 102 Å². The minimum atomic E-state index is 0.260. The average molecular weight is 350 g/mol. The van der Waals surface area contributed by atoms with E-state index in [0.717, 1.165) is 19.0 Å². The summed E-state index contributed by atoms with van der Waals surface area (Å²) >= 11 is 0. The van der Waals surface area contributed by atoms with E-state index in [-0.39, 0.29) is 5.91 Å². The lowest BCUT2D eigenvalue weighted by molar-refractivity contribution is -0.131. The first-order valence-corrected chi connectivity index (χ1v) is 10.8. The molecule has 0 saturated carbocycles. The van der Waals surface area contributed by atoms with E-state index in [0.29, 0.717) is 5.41 Å². The summed E-state index contributed by atoms with van der Waals surface area (Å²) in [5.41, 5.74) is 0.549. The normalized spacial score (nSPS) is 26.2. The predicted octanol–water partition coefficient (Wildman–Crippen LogP) is 3.22. The van der Waals surface area contributed by atoms with Crippen molar-refractivity contribution in [2.45, 2.75) is 65.2 Å². The molecule has 3 rings (SSSR count). The molecule has 1 spiro atoms. The van der Waals surface area contributed by atoms with E-state index in [9.17, 15) is 4.79 Å². The summed E-state index contributed by atoms with van der Waals surface area (Å²) in [7, 11) is 0. The van der Waals surface area contributed by atoms with Crippen LogP contribution in [0.5, 0.6) is 0 Å². The van der Waals surface area contributed by atoms with Crippen molar-refractivity contribution in [2.75, 3.05) is 52.4 Å². The van der Waals surface area contributed by atoms with Crippen LogP contribution in [0.25, 0.3) is 0 Å². The molecule has 3 aliphatic heterocycles. The van der Waals surface area contributed by atoms with Crippen molar-refractivity contribution in [3.05, 3.63) is 0 Å². The van der Waals surface area contributed by atoms with Gasteiger partial charge in [0.25, 0.3) is 0 Å². The zero-order valence-electron chi connectivity index (χ0n) is 16.6. The highest BCUT2D eigenvalue weighted by atomic mass is 16.2. The molecule has 25 heavy (non-hydrogen) atoms. The quantitative estimate of drug-likeness (QED) is 0.713. The van der Waals surface area contributed by atoms with E-state index in [4.69, 9.17) is 0 Å². The molecule has 0 aromatic heterocycles. The molecule has 0 bridgehead atoms. The van der Waals surface area contributed by atoms with Crippen LogP contribution >= 0.6 is 0 Å². The van der Waals surface area contributed by atoms with Gasteiger partial charge in [0, 0.05) is 20.0 Å². The van der Waals surface area contributed by atoms with Crippen molar-refractivity contribution in [3.63, 3.8) is 0 Å². The second-order valence-corrected chi connectivity index (χ2v) is 9.08. The van der Waals surface area contributed by atoms with Crippen molar-refractivity contribution >= 4 is 5.91 Å². The van der Waals surface area contributed by atoms with E-state index in [1.807, 2.05) is 4.90 Å². The van der Waals surface area contributed by atoms with Crippen LogP contribution in [0.4, 0.5) is 0 Å². The molecular weight excluding hydrogens is 310 g/mol. The standard InChI is InChI=1S/C21H39N3O/c1-19-5-13-22(14-6-19)11-3-4-12-23-15-7-21(8-16-23)9-17-24(18-10-21)20(2)25/h19H,3-18H2,1-2H3. The number of nitrogens with zero attached hydrogens (tertiary/aromatic N) is 3. The molecule has 4 nitrogen and oxygen atoms in total. The Morgan fingerprint density at radius 2 is 1.32 bits per heavy atom. The molecule has 3 heterocycles. The third-order valence-corrected chi connectivity index (χ3v) is 7.26. The number of rotatable bonds is 5. The first-order valence-electron chi connectivity index (χ1n) is 10.8. The number of piperidine rings is 3. The third-order valence-electron chi connectivity index (χ3n) is 7.26. The molecule has 0 aromatic rings. The lowest BCUT2D eigenvalue weighted by Gasteiger charge is -2.46. The largest absolute Gasteiger partial charge is 0.343 e. The van der Waals surface area contributed by atoms with Crippen LogP contribution in [0.1, 0.15) is 65.2 Å². The lowest BCUT2D eigenvalue weighted by Crippen LogP contribution is -2.48. The molecule has 1 amide bonds. The number of carbonyl (C=O) groups is 1. The third kappa shape index (κ3) is 5.43.